The number of carbonyl (C=O) groups is 2. The van der Waals surface area contributed by atoms with Gasteiger partial charge < -0.3 is 9.84 Å². The molecule has 20 heavy (non-hydrogen) atoms. The van der Waals surface area contributed by atoms with Gasteiger partial charge in [-0.05, 0) is 24.3 Å². The van der Waals surface area contributed by atoms with Crippen molar-refractivity contribution in [2.45, 2.75) is 0 Å². The molecule has 1 aliphatic heterocycles. The van der Waals surface area contributed by atoms with Gasteiger partial charge in [-0.2, -0.15) is 0 Å². The minimum Gasteiger partial charge on any atom is -0.506 e. The number of hydrogen-bond donors (Lipinski definition) is 1. The summed E-state index contributed by atoms with van der Waals surface area (Å²) < 4.78 is 4.44. The topological polar surface area (TPSA) is 63.6 Å². The Bertz CT molecular complexity index is 779. The fourth-order valence-corrected chi connectivity index (χ4v) is 1.92. The second kappa shape index (κ2) is 4.56. The Kier molecular flexibility index (Phi) is 2.73. The minimum absolute atomic E-state index is 0.0674. The number of rotatable bonds is 0. The van der Waals surface area contributed by atoms with Crippen LogP contribution in [-0.4, -0.2) is 17.0 Å². The van der Waals surface area contributed by atoms with E-state index in [1.54, 1.807) is 0 Å². The Labute approximate surface area is 114 Å². The number of carbonyl (C=O) groups excluding carboxylic acids is 2. The molecule has 0 saturated heterocycles. The van der Waals surface area contributed by atoms with Gasteiger partial charge in [0.2, 0.25) is 0 Å². The molecule has 1 heterocycles. The van der Waals surface area contributed by atoms with Crippen LogP contribution in [0.25, 0.3) is 0 Å². The fraction of sp³-hybridized carbons (Fsp3) is 0. The van der Waals surface area contributed by atoms with Gasteiger partial charge in [-0.3, -0.25) is 0 Å². The molecule has 4 heteroatoms. The Morgan fingerprint density at radius 2 is 1.65 bits per heavy atom. The minimum atomic E-state index is -0.842. The average Bonchev–Trinajstić information content (AvgIpc) is 2.75. The summed E-state index contributed by atoms with van der Waals surface area (Å²) in [5.41, 5.74) is 1.01. The summed E-state index contributed by atoms with van der Waals surface area (Å²) in [6.07, 6.45) is 0. The first-order chi connectivity index (χ1) is 9.66. The lowest BCUT2D eigenvalue weighted by Crippen LogP contribution is -1.97. The second-order valence-electron chi connectivity index (χ2n) is 4.18. The van der Waals surface area contributed by atoms with E-state index in [1.807, 2.05) is 30.3 Å². The highest BCUT2D eigenvalue weighted by Gasteiger charge is 2.33. The maximum Gasteiger partial charge on any atom is 0.350 e. The Morgan fingerprint density at radius 3 is 2.40 bits per heavy atom. The first kappa shape index (κ1) is 12.0. The van der Waals surface area contributed by atoms with Gasteiger partial charge in [0.15, 0.2) is 0 Å². The lowest BCUT2D eigenvalue weighted by molar-refractivity contribution is 0.0443. The predicted octanol–water partition coefficient (Wildman–Crippen LogP) is 2.10. The molecule has 0 aromatic heterocycles. The Balaban J connectivity index is 2.06. The lowest BCUT2D eigenvalue weighted by atomic mass is 10.0. The SMILES string of the molecule is O=C1OC(=O)c2c1ccc(C#Cc1ccccc1)c2O. The van der Waals surface area contributed by atoms with Crippen LogP contribution in [-0.2, 0) is 4.74 Å². The molecule has 0 aliphatic carbocycles. The number of aromatic hydroxyl groups is 1. The number of phenolic OH excluding ortho intramolecular Hbond substituents is 1. The molecule has 0 amide bonds. The van der Waals surface area contributed by atoms with Crippen molar-refractivity contribution in [2.24, 2.45) is 0 Å². The maximum atomic E-state index is 11.5. The molecule has 2 aromatic carbocycles. The molecule has 0 bridgehead atoms. The van der Waals surface area contributed by atoms with Crippen LogP contribution >= 0.6 is 0 Å². The van der Waals surface area contributed by atoms with E-state index in [4.69, 9.17) is 0 Å². The number of hydrogen-bond acceptors (Lipinski definition) is 4. The molecule has 0 saturated carbocycles. The summed E-state index contributed by atoms with van der Waals surface area (Å²) in [6, 6.07) is 12.1. The molecule has 96 valence electrons. The lowest BCUT2D eigenvalue weighted by Gasteiger charge is -2.00. The highest BCUT2D eigenvalue weighted by atomic mass is 16.6. The van der Waals surface area contributed by atoms with Crippen LogP contribution in [0.4, 0.5) is 0 Å². The largest absolute Gasteiger partial charge is 0.506 e. The van der Waals surface area contributed by atoms with Gasteiger partial charge in [-0.25, -0.2) is 9.59 Å². The maximum absolute atomic E-state index is 11.5. The smallest absolute Gasteiger partial charge is 0.350 e. The summed E-state index contributed by atoms with van der Waals surface area (Å²) >= 11 is 0. The zero-order valence-electron chi connectivity index (χ0n) is 10.2. The van der Waals surface area contributed by atoms with Crippen molar-refractivity contribution >= 4 is 11.9 Å². The van der Waals surface area contributed by atoms with Crippen molar-refractivity contribution in [2.75, 3.05) is 0 Å². The van der Waals surface area contributed by atoms with Gasteiger partial charge in [-0.15, -0.1) is 0 Å². The second-order valence-corrected chi connectivity index (χ2v) is 4.18. The van der Waals surface area contributed by atoms with Crippen LogP contribution in [0.1, 0.15) is 31.8 Å². The standard InChI is InChI=1S/C16H8O4/c17-14-11(7-6-10-4-2-1-3-5-10)8-9-12-13(14)16(19)20-15(12)18/h1-5,8-9,17H. The van der Waals surface area contributed by atoms with E-state index in [2.05, 4.69) is 16.6 Å². The van der Waals surface area contributed by atoms with Crippen LogP contribution in [0, 0.1) is 11.8 Å². The monoisotopic (exact) mass is 264 g/mol. The van der Waals surface area contributed by atoms with Crippen molar-refractivity contribution in [3.05, 3.63) is 64.7 Å². The van der Waals surface area contributed by atoms with Crippen LogP contribution in [0.2, 0.25) is 0 Å². The molecule has 2 aromatic rings. The van der Waals surface area contributed by atoms with Crippen molar-refractivity contribution < 1.29 is 19.4 Å². The quantitative estimate of drug-likeness (QED) is 0.449. The highest BCUT2D eigenvalue weighted by Crippen LogP contribution is 2.31. The molecular formula is C16H8O4. The molecule has 3 rings (SSSR count). The number of benzene rings is 2. The summed E-state index contributed by atoms with van der Waals surface area (Å²) in [7, 11) is 0. The first-order valence-electron chi connectivity index (χ1n) is 5.86. The van der Waals surface area contributed by atoms with Gasteiger partial charge in [0, 0.05) is 5.56 Å². The molecule has 1 N–H and O–H groups in total. The van der Waals surface area contributed by atoms with E-state index in [-0.39, 0.29) is 22.4 Å². The van der Waals surface area contributed by atoms with E-state index >= 15 is 0 Å². The predicted molar refractivity (Wildman–Crippen MR) is 70.3 cm³/mol. The van der Waals surface area contributed by atoms with Gasteiger partial charge in [0.05, 0.1) is 11.1 Å². The Hall–Kier alpha value is -3.06. The molecule has 0 fully saturated rings. The highest BCUT2D eigenvalue weighted by molar-refractivity contribution is 6.16. The molecule has 0 radical (unpaired) electrons. The molecular weight excluding hydrogens is 256 g/mol. The third kappa shape index (κ3) is 1.91. The summed E-state index contributed by atoms with van der Waals surface area (Å²) in [5, 5.41) is 10.0. The third-order valence-corrected chi connectivity index (χ3v) is 2.90. The van der Waals surface area contributed by atoms with E-state index in [1.165, 1.54) is 12.1 Å². The van der Waals surface area contributed by atoms with Gasteiger partial charge in [0.25, 0.3) is 0 Å². The van der Waals surface area contributed by atoms with E-state index in [0.29, 0.717) is 0 Å². The summed E-state index contributed by atoms with van der Waals surface area (Å²) in [5.74, 6) is 3.74. The third-order valence-electron chi connectivity index (χ3n) is 2.90. The molecule has 0 unspecified atom stereocenters. The van der Waals surface area contributed by atoms with Crippen LogP contribution in [0.3, 0.4) is 0 Å². The number of esters is 2. The van der Waals surface area contributed by atoms with Crippen LogP contribution < -0.4 is 0 Å². The summed E-state index contributed by atoms with van der Waals surface area (Å²) in [4.78, 5) is 22.8. The first-order valence-corrected chi connectivity index (χ1v) is 5.86. The van der Waals surface area contributed by atoms with Crippen molar-refractivity contribution in [3.63, 3.8) is 0 Å². The number of fused-ring (bicyclic) bond motifs is 1. The van der Waals surface area contributed by atoms with E-state index in [0.717, 1.165) is 5.56 Å². The zero-order valence-corrected chi connectivity index (χ0v) is 10.2. The molecule has 1 aliphatic rings. The number of phenols is 1. The summed E-state index contributed by atoms with van der Waals surface area (Å²) in [6.45, 7) is 0. The van der Waals surface area contributed by atoms with E-state index in [9.17, 15) is 14.7 Å². The van der Waals surface area contributed by atoms with Gasteiger partial charge >= 0.3 is 11.9 Å². The van der Waals surface area contributed by atoms with Crippen LogP contribution in [0.15, 0.2) is 42.5 Å². The molecule has 0 spiro atoms. The fourth-order valence-electron chi connectivity index (χ4n) is 1.92. The van der Waals surface area contributed by atoms with Crippen LogP contribution in [0.5, 0.6) is 5.75 Å². The average molecular weight is 264 g/mol. The normalized spacial score (nSPS) is 12.4. The van der Waals surface area contributed by atoms with Crippen molar-refractivity contribution in [1.82, 2.24) is 0 Å². The van der Waals surface area contributed by atoms with Gasteiger partial charge in [-0.1, -0.05) is 30.0 Å². The number of cyclic esters (lactones) is 2. The number of ether oxygens (including phenoxy) is 1. The van der Waals surface area contributed by atoms with E-state index < -0.39 is 11.9 Å². The Morgan fingerprint density at radius 1 is 0.900 bits per heavy atom. The molecule has 4 nitrogen and oxygen atoms in total. The van der Waals surface area contributed by atoms with Crippen molar-refractivity contribution in [1.29, 1.82) is 0 Å². The zero-order chi connectivity index (χ0) is 14.1. The van der Waals surface area contributed by atoms with Gasteiger partial charge in [0.1, 0.15) is 11.3 Å². The molecule has 0 atom stereocenters. The van der Waals surface area contributed by atoms with Crippen molar-refractivity contribution in [3.8, 4) is 17.6 Å².